The summed E-state index contributed by atoms with van der Waals surface area (Å²) in [5, 5.41) is 15.6. The highest BCUT2D eigenvalue weighted by molar-refractivity contribution is 6.35. The highest BCUT2D eigenvalue weighted by Gasteiger charge is 2.23. The number of aromatic nitrogens is 7. The van der Waals surface area contributed by atoms with Crippen molar-refractivity contribution in [1.82, 2.24) is 38.8 Å². The summed E-state index contributed by atoms with van der Waals surface area (Å²) in [6.07, 6.45) is 0. The van der Waals surface area contributed by atoms with Gasteiger partial charge in [-0.05, 0) is 54.4 Å². The number of hydrogen-bond acceptors (Lipinski definition) is 5. The molecule has 3 heterocycles. The van der Waals surface area contributed by atoms with Gasteiger partial charge in [-0.15, -0.1) is 0 Å². The Morgan fingerprint density at radius 3 is 2.33 bits per heavy atom. The maximum Gasteiger partial charge on any atom is 0.350 e. The Balaban J connectivity index is 1.33. The zero-order chi connectivity index (χ0) is 28.3. The second kappa shape index (κ2) is 9.49. The molecular weight excluding hydrogens is 528 g/mol. The summed E-state index contributed by atoms with van der Waals surface area (Å²) in [6, 6.07) is 19.2. The first-order valence-corrected chi connectivity index (χ1v) is 13.1. The molecule has 1 amide bonds. The van der Waals surface area contributed by atoms with Crippen molar-refractivity contribution in [2.24, 2.45) is 21.1 Å². The van der Waals surface area contributed by atoms with Crippen molar-refractivity contribution in [3.05, 3.63) is 93.4 Å². The summed E-state index contributed by atoms with van der Waals surface area (Å²) in [5.74, 6) is 0.444. The van der Waals surface area contributed by atoms with Crippen LogP contribution in [0.4, 0.5) is 0 Å². The molecule has 0 fully saturated rings. The Hall–Kier alpha value is -4.70. The second-order valence-corrected chi connectivity index (χ2v) is 10.3. The molecule has 0 unspecified atom stereocenters. The molecule has 0 bridgehead atoms. The van der Waals surface area contributed by atoms with Gasteiger partial charge in [-0.25, -0.2) is 14.0 Å². The molecule has 0 aliphatic carbocycles. The zero-order valence-electron chi connectivity index (χ0n) is 22.8. The van der Waals surface area contributed by atoms with E-state index in [9.17, 15) is 9.59 Å². The smallest absolute Gasteiger partial charge is 0.334 e. The van der Waals surface area contributed by atoms with E-state index in [4.69, 9.17) is 11.6 Å². The van der Waals surface area contributed by atoms with E-state index >= 15 is 0 Å². The van der Waals surface area contributed by atoms with Crippen molar-refractivity contribution >= 4 is 39.3 Å². The van der Waals surface area contributed by atoms with E-state index in [-0.39, 0.29) is 11.6 Å². The van der Waals surface area contributed by atoms with Crippen LogP contribution in [0.2, 0.25) is 5.02 Å². The number of amides is 1. The number of nitrogens with zero attached hydrogens (tertiary/aromatic N) is 8. The molecule has 3 aromatic carbocycles. The van der Waals surface area contributed by atoms with E-state index in [1.54, 1.807) is 46.9 Å². The molecule has 0 saturated carbocycles. The number of aryl methyl sites for hydroxylation is 4. The molecule has 0 N–H and O–H groups in total. The van der Waals surface area contributed by atoms with Crippen molar-refractivity contribution in [3.63, 3.8) is 0 Å². The van der Waals surface area contributed by atoms with Crippen LogP contribution in [0.1, 0.15) is 22.0 Å². The van der Waals surface area contributed by atoms with Gasteiger partial charge in [-0.2, -0.15) is 15.3 Å². The van der Waals surface area contributed by atoms with Crippen LogP contribution in [-0.2, 0) is 27.7 Å². The topological polar surface area (TPSA) is 95.8 Å². The summed E-state index contributed by atoms with van der Waals surface area (Å²) in [6.45, 7) is 2.09. The lowest BCUT2D eigenvalue weighted by molar-refractivity contribution is 0.0774. The number of rotatable bonds is 5. The molecule has 11 heteroatoms. The third-order valence-corrected chi connectivity index (χ3v) is 7.53. The van der Waals surface area contributed by atoms with E-state index in [1.807, 2.05) is 67.7 Å². The number of hydrogen-bond donors (Lipinski definition) is 0. The Labute approximate surface area is 234 Å². The number of benzene rings is 3. The van der Waals surface area contributed by atoms with E-state index in [2.05, 4.69) is 15.3 Å². The van der Waals surface area contributed by atoms with Gasteiger partial charge in [0.25, 0.3) is 5.91 Å². The third kappa shape index (κ3) is 4.08. The fourth-order valence-electron chi connectivity index (χ4n) is 5.26. The number of carbonyl (C=O) groups is 1. The molecule has 0 radical (unpaired) electrons. The van der Waals surface area contributed by atoms with E-state index in [1.165, 1.54) is 4.68 Å². The highest BCUT2D eigenvalue weighted by Crippen LogP contribution is 2.30. The van der Waals surface area contributed by atoms with Gasteiger partial charge in [0, 0.05) is 39.0 Å². The van der Waals surface area contributed by atoms with Crippen LogP contribution < -0.4 is 5.69 Å². The van der Waals surface area contributed by atoms with Crippen LogP contribution in [0.3, 0.4) is 0 Å². The van der Waals surface area contributed by atoms with Crippen LogP contribution in [0.25, 0.3) is 38.6 Å². The average Bonchev–Trinajstić information content (AvgIpc) is 3.52. The van der Waals surface area contributed by atoms with Crippen molar-refractivity contribution in [1.29, 1.82) is 0 Å². The molecule has 6 rings (SSSR count). The molecule has 0 aliphatic rings. The predicted molar refractivity (Wildman–Crippen MR) is 155 cm³/mol. The lowest BCUT2D eigenvalue weighted by Crippen LogP contribution is -2.28. The van der Waals surface area contributed by atoms with E-state index in [0.717, 1.165) is 44.3 Å². The molecular formula is C29H27ClN8O2. The van der Waals surface area contributed by atoms with Gasteiger partial charge in [0.1, 0.15) is 11.5 Å². The van der Waals surface area contributed by atoms with Crippen LogP contribution >= 0.6 is 11.6 Å². The van der Waals surface area contributed by atoms with Gasteiger partial charge in [0.2, 0.25) is 0 Å². The lowest BCUT2D eigenvalue weighted by atomic mass is 10.0. The van der Waals surface area contributed by atoms with Gasteiger partial charge in [-0.3, -0.25) is 14.2 Å². The SMILES string of the molecule is Cc1nn(C)c(=O)n1-c1ccc(-c2ccc3nn(C)c(C(=O)N(C)Cc4nn(C)c5cccc(Cl)c45)c3c2)cc1. The minimum Gasteiger partial charge on any atom is -0.334 e. The van der Waals surface area contributed by atoms with Crippen molar-refractivity contribution < 1.29 is 4.79 Å². The Kier molecular flexibility index (Phi) is 6.07. The molecule has 0 atom stereocenters. The fraction of sp³-hybridized carbons (Fsp3) is 0.207. The molecule has 40 heavy (non-hydrogen) atoms. The summed E-state index contributed by atoms with van der Waals surface area (Å²) < 4.78 is 6.29. The fourth-order valence-corrected chi connectivity index (χ4v) is 5.54. The number of halogens is 1. The van der Waals surface area contributed by atoms with Crippen LogP contribution in [-0.4, -0.2) is 51.8 Å². The van der Waals surface area contributed by atoms with Gasteiger partial charge >= 0.3 is 5.69 Å². The van der Waals surface area contributed by atoms with Crippen molar-refractivity contribution in [2.45, 2.75) is 13.5 Å². The minimum absolute atomic E-state index is 0.171. The first kappa shape index (κ1) is 25.6. The van der Waals surface area contributed by atoms with Gasteiger partial charge in [0.05, 0.1) is 34.0 Å². The van der Waals surface area contributed by atoms with E-state index < -0.39 is 0 Å². The summed E-state index contributed by atoms with van der Waals surface area (Å²) in [4.78, 5) is 27.8. The Morgan fingerprint density at radius 2 is 1.62 bits per heavy atom. The van der Waals surface area contributed by atoms with Crippen molar-refractivity contribution in [3.8, 4) is 16.8 Å². The first-order valence-electron chi connectivity index (χ1n) is 12.7. The van der Waals surface area contributed by atoms with Crippen molar-refractivity contribution in [2.75, 3.05) is 7.05 Å². The molecule has 0 saturated heterocycles. The summed E-state index contributed by atoms with van der Waals surface area (Å²) in [7, 11) is 7.02. The zero-order valence-corrected chi connectivity index (χ0v) is 23.5. The van der Waals surface area contributed by atoms with Gasteiger partial charge in [0.15, 0.2) is 0 Å². The molecule has 6 aromatic rings. The maximum absolute atomic E-state index is 13.7. The molecule has 3 aromatic heterocycles. The molecule has 0 aliphatic heterocycles. The van der Waals surface area contributed by atoms with Crippen LogP contribution in [0, 0.1) is 6.92 Å². The Morgan fingerprint density at radius 1 is 0.900 bits per heavy atom. The average molecular weight is 555 g/mol. The van der Waals surface area contributed by atoms with Gasteiger partial charge < -0.3 is 4.90 Å². The highest BCUT2D eigenvalue weighted by atomic mass is 35.5. The molecule has 0 spiro atoms. The standard InChI is InChI=1S/C29H27ClN8O2/c1-17-31-37(5)29(40)38(17)20-12-9-18(10-13-20)19-11-14-23-21(15-19)27(36(4)32-23)28(39)34(2)16-24-26-22(30)7-6-8-25(26)35(3)33-24/h6-15H,16H2,1-5H3. The quantitative estimate of drug-likeness (QED) is 0.317. The molecule has 202 valence electrons. The number of fused-ring (bicyclic) bond motifs is 2. The monoisotopic (exact) mass is 554 g/mol. The predicted octanol–water partition coefficient (Wildman–Crippen LogP) is 4.25. The van der Waals surface area contributed by atoms with Crippen LogP contribution in [0.15, 0.2) is 65.5 Å². The minimum atomic E-state index is -0.199. The maximum atomic E-state index is 13.7. The number of carbonyl (C=O) groups excluding carboxylic acids is 1. The largest absolute Gasteiger partial charge is 0.350 e. The molecule has 10 nitrogen and oxygen atoms in total. The third-order valence-electron chi connectivity index (χ3n) is 7.21. The first-order chi connectivity index (χ1) is 19.1. The lowest BCUT2D eigenvalue weighted by Gasteiger charge is -2.17. The van der Waals surface area contributed by atoms with E-state index in [0.29, 0.717) is 23.1 Å². The van der Waals surface area contributed by atoms with Gasteiger partial charge in [-0.1, -0.05) is 35.9 Å². The summed E-state index contributed by atoms with van der Waals surface area (Å²) in [5.41, 5.74) is 5.27. The normalized spacial score (nSPS) is 11.6. The Bertz CT molecular complexity index is 2000. The summed E-state index contributed by atoms with van der Waals surface area (Å²) >= 11 is 6.49. The second-order valence-electron chi connectivity index (χ2n) is 9.91. The van der Waals surface area contributed by atoms with Crippen LogP contribution in [0.5, 0.6) is 0 Å².